The summed E-state index contributed by atoms with van der Waals surface area (Å²) < 4.78 is 5.06. The third-order valence-electron chi connectivity index (χ3n) is 2.60. The molecule has 1 aromatic heterocycles. The molecule has 0 saturated heterocycles. The van der Waals surface area contributed by atoms with Gasteiger partial charge in [0.1, 0.15) is 0 Å². The maximum Gasteiger partial charge on any atom is 0.224 e. The average molecular weight is 215 g/mol. The van der Waals surface area contributed by atoms with Crippen LogP contribution in [-0.4, -0.2) is 18.4 Å². The van der Waals surface area contributed by atoms with Crippen LogP contribution in [0.2, 0.25) is 0 Å². The number of nitrogens with zero attached hydrogens (tertiary/aromatic N) is 1. The monoisotopic (exact) mass is 215 g/mol. The van der Waals surface area contributed by atoms with Gasteiger partial charge in [0, 0.05) is 5.39 Å². The maximum absolute atomic E-state index is 10.9. The number of fused-ring (bicyclic) bond motifs is 1. The lowest BCUT2D eigenvalue weighted by atomic mass is 10.1. The highest BCUT2D eigenvalue weighted by molar-refractivity contribution is 5.88. The Morgan fingerprint density at radius 3 is 2.81 bits per heavy atom. The number of aldehydes is 1. The summed E-state index contributed by atoms with van der Waals surface area (Å²) in [6.07, 6.45) is 1.74. The van der Waals surface area contributed by atoms with Crippen molar-refractivity contribution in [3.63, 3.8) is 0 Å². The Labute approximate surface area is 94.1 Å². The molecule has 1 heterocycles. The van der Waals surface area contributed by atoms with E-state index in [1.165, 1.54) is 12.7 Å². The summed E-state index contributed by atoms with van der Waals surface area (Å²) in [5.41, 5.74) is 2.57. The summed E-state index contributed by atoms with van der Waals surface area (Å²) in [5.74, 6) is 0.381. The van der Waals surface area contributed by atoms with Crippen LogP contribution >= 0.6 is 0 Å². The molecule has 0 aliphatic carbocycles. The fourth-order valence-corrected chi connectivity index (χ4v) is 1.69. The molecule has 16 heavy (non-hydrogen) atoms. The van der Waals surface area contributed by atoms with Gasteiger partial charge in [0.2, 0.25) is 5.88 Å². The maximum atomic E-state index is 10.9. The largest absolute Gasteiger partial charge is 0.480 e. The number of ether oxygens (including phenoxy) is 1. The van der Waals surface area contributed by atoms with Crippen molar-refractivity contribution in [2.45, 2.75) is 13.3 Å². The minimum absolute atomic E-state index is 0.381. The normalized spacial score (nSPS) is 10.4. The van der Waals surface area contributed by atoms with Gasteiger partial charge in [-0.3, -0.25) is 4.79 Å². The van der Waals surface area contributed by atoms with Crippen LogP contribution in [0.1, 0.15) is 22.8 Å². The number of rotatable bonds is 3. The van der Waals surface area contributed by atoms with Gasteiger partial charge >= 0.3 is 0 Å². The van der Waals surface area contributed by atoms with E-state index in [1.54, 1.807) is 0 Å². The lowest BCUT2D eigenvalue weighted by molar-refractivity contribution is 0.112. The molecule has 0 saturated carbocycles. The molecule has 0 fully saturated rings. The van der Waals surface area contributed by atoms with Crippen molar-refractivity contribution in [1.82, 2.24) is 4.98 Å². The van der Waals surface area contributed by atoms with Crippen molar-refractivity contribution < 1.29 is 9.53 Å². The average Bonchev–Trinajstić information content (AvgIpc) is 2.36. The van der Waals surface area contributed by atoms with Gasteiger partial charge in [0.15, 0.2) is 6.29 Å². The summed E-state index contributed by atoms with van der Waals surface area (Å²) >= 11 is 0. The second-order valence-corrected chi connectivity index (χ2v) is 3.59. The number of aryl methyl sites for hydroxylation is 1. The van der Waals surface area contributed by atoms with E-state index in [0.717, 1.165) is 23.6 Å². The van der Waals surface area contributed by atoms with Gasteiger partial charge in [-0.1, -0.05) is 13.0 Å². The highest BCUT2D eigenvalue weighted by atomic mass is 16.5. The highest BCUT2D eigenvalue weighted by Gasteiger charge is 2.06. The molecular formula is C13H13NO2. The van der Waals surface area contributed by atoms with Crippen molar-refractivity contribution >= 4 is 17.2 Å². The first kappa shape index (κ1) is 10.6. The van der Waals surface area contributed by atoms with E-state index in [-0.39, 0.29) is 0 Å². The Balaban J connectivity index is 2.68. The Morgan fingerprint density at radius 1 is 1.38 bits per heavy atom. The van der Waals surface area contributed by atoms with Crippen LogP contribution in [0, 0.1) is 0 Å². The first-order chi connectivity index (χ1) is 7.78. The van der Waals surface area contributed by atoms with Gasteiger partial charge in [-0.05, 0) is 30.2 Å². The first-order valence-electron chi connectivity index (χ1n) is 5.21. The van der Waals surface area contributed by atoms with E-state index in [4.69, 9.17) is 4.74 Å². The van der Waals surface area contributed by atoms with E-state index in [0.29, 0.717) is 11.4 Å². The molecule has 0 amide bonds. The number of hydrogen-bond donors (Lipinski definition) is 0. The van der Waals surface area contributed by atoms with Gasteiger partial charge in [-0.25, -0.2) is 4.98 Å². The Bertz CT molecular complexity index is 535. The van der Waals surface area contributed by atoms with E-state index >= 15 is 0 Å². The van der Waals surface area contributed by atoms with Crippen molar-refractivity contribution in [2.75, 3.05) is 7.11 Å². The predicted octanol–water partition coefficient (Wildman–Crippen LogP) is 2.62. The minimum Gasteiger partial charge on any atom is -0.480 e. The highest BCUT2D eigenvalue weighted by Crippen LogP contribution is 2.21. The number of hydrogen-bond acceptors (Lipinski definition) is 3. The van der Waals surface area contributed by atoms with E-state index in [9.17, 15) is 4.79 Å². The number of methoxy groups -OCH3 is 1. The standard InChI is InChI=1S/C13H13NO2/c1-3-9-4-5-12-10(6-9)7-11(8-15)13(14-12)16-2/h4-8H,3H2,1-2H3. The molecule has 3 nitrogen and oxygen atoms in total. The molecule has 1 aromatic carbocycles. The summed E-state index contributed by atoms with van der Waals surface area (Å²) in [6.45, 7) is 2.10. The van der Waals surface area contributed by atoms with Crippen molar-refractivity contribution in [1.29, 1.82) is 0 Å². The summed E-state index contributed by atoms with van der Waals surface area (Å²) in [5, 5.41) is 0.974. The molecule has 82 valence electrons. The molecule has 0 bridgehead atoms. The third-order valence-corrected chi connectivity index (χ3v) is 2.60. The van der Waals surface area contributed by atoms with Gasteiger partial charge in [-0.2, -0.15) is 0 Å². The van der Waals surface area contributed by atoms with Crippen LogP contribution in [0.5, 0.6) is 5.88 Å². The molecule has 0 atom stereocenters. The van der Waals surface area contributed by atoms with E-state index in [2.05, 4.69) is 18.0 Å². The second kappa shape index (κ2) is 4.31. The van der Waals surface area contributed by atoms with Gasteiger partial charge in [0.25, 0.3) is 0 Å². The number of benzene rings is 1. The molecular weight excluding hydrogens is 202 g/mol. The zero-order valence-corrected chi connectivity index (χ0v) is 9.36. The van der Waals surface area contributed by atoms with Crippen LogP contribution in [0.4, 0.5) is 0 Å². The number of pyridine rings is 1. The Morgan fingerprint density at radius 2 is 2.19 bits per heavy atom. The molecule has 0 aliphatic heterocycles. The first-order valence-corrected chi connectivity index (χ1v) is 5.21. The lowest BCUT2D eigenvalue weighted by Gasteiger charge is -2.05. The van der Waals surface area contributed by atoms with Gasteiger partial charge in [-0.15, -0.1) is 0 Å². The minimum atomic E-state index is 0.381. The quantitative estimate of drug-likeness (QED) is 0.739. The summed E-state index contributed by atoms with van der Waals surface area (Å²) in [4.78, 5) is 15.2. The topological polar surface area (TPSA) is 39.2 Å². The lowest BCUT2D eigenvalue weighted by Crippen LogP contribution is -1.95. The molecule has 2 aromatic rings. The van der Waals surface area contributed by atoms with Crippen LogP contribution in [-0.2, 0) is 6.42 Å². The van der Waals surface area contributed by atoms with E-state index < -0.39 is 0 Å². The second-order valence-electron chi connectivity index (χ2n) is 3.59. The van der Waals surface area contributed by atoms with Gasteiger partial charge < -0.3 is 4.74 Å². The Kier molecular flexibility index (Phi) is 2.86. The summed E-state index contributed by atoms with van der Waals surface area (Å²) in [7, 11) is 1.52. The third kappa shape index (κ3) is 1.76. The molecule has 0 N–H and O–H groups in total. The van der Waals surface area contributed by atoms with Crippen molar-refractivity contribution in [2.24, 2.45) is 0 Å². The fourth-order valence-electron chi connectivity index (χ4n) is 1.69. The van der Waals surface area contributed by atoms with Crippen molar-refractivity contribution in [3.05, 3.63) is 35.4 Å². The van der Waals surface area contributed by atoms with Gasteiger partial charge in [0.05, 0.1) is 18.2 Å². The van der Waals surface area contributed by atoms with E-state index in [1.807, 2.05) is 18.2 Å². The molecule has 3 heteroatoms. The molecule has 0 aliphatic rings. The number of carbonyl (C=O) groups excluding carboxylic acids is 1. The molecule has 2 rings (SSSR count). The zero-order chi connectivity index (χ0) is 11.5. The van der Waals surface area contributed by atoms with Crippen LogP contribution in [0.3, 0.4) is 0 Å². The van der Waals surface area contributed by atoms with Crippen LogP contribution in [0.25, 0.3) is 10.9 Å². The molecule has 0 radical (unpaired) electrons. The van der Waals surface area contributed by atoms with Crippen molar-refractivity contribution in [3.8, 4) is 5.88 Å². The predicted molar refractivity (Wildman–Crippen MR) is 63.1 cm³/mol. The summed E-state index contributed by atoms with van der Waals surface area (Å²) in [6, 6.07) is 7.85. The van der Waals surface area contributed by atoms with Crippen LogP contribution in [0.15, 0.2) is 24.3 Å². The molecule has 0 unspecified atom stereocenters. The number of aromatic nitrogens is 1. The fraction of sp³-hybridized carbons (Fsp3) is 0.231. The SMILES string of the molecule is CCc1ccc2nc(OC)c(C=O)cc2c1. The Hall–Kier alpha value is -1.90. The molecule has 0 spiro atoms. The zero-order valence-electron chi connectivity index (χ0n) is 9.36. The smallest absolute Gasteiger partial charge is 0.224 e. The number of carbonyl (C=O) groups is 1. The van der Waals surface area contributed by atoms with Crippen LogP contribution < -0.4 is 4.74 Å².